The first-order valence-electron chi connectivity index (χ1n) is 9.34. The number of carbonyl (C=O) groups excluding carboxylic acids is 2. The molecule has 1 heterocycles. The van der Waals surface area contributed by atoms with Gasteiger partial charge in [0, 0.05) is 25.1 Å². The number of carboxylic acids is 1. The summed E-state index contributed by atoms with van der Waals surface area (Å²) in [5.41, 5.74) is 0.929. The van der Waals surface area contributed by atoms with Crippen LogP contribution in [0.3, 0.4) is 0 Å². The van der Waals surface area contributed by atoms with Gasteiger partial charge in [0.15, 0.2) is 0 Å². The Hall–Kier alpha value is -3.61. The molecule has 7 nitrogen and oxygen atoms in total. The van der Waals surface area contributed by atoms with Crippen molar-refractivity contribution in [1.82, 2.24) is 10.6 Å². The number of carboxylic acid groups (broad SMARTS) is 1. The van der Waals surface area contributed by atoms with Crippen LogP contribution < -0.4 is 10.6 Å². The van der Waals surface area contributed by atoms with Crippen molar-refractivity contribution < 1.29 is 23.9 Å². The summed E-state index contributed by atoms with van der Waals surface area (Å²) in [6.07, 6.45) is 7.94. The summed E-state index contributed by atoms with van der Waals surface area (Å²) < 4.78 is 5.22. The van der Waals surface area contributed by atoms with Crippen LogP contribution in [0.1, 0.15) is 37.0 Å². The van der Waals surface area contributed by atoms with Crippen molar-refractivity contribution in [3.8, 4) is 0 Å². The zero-order valence-electron chi connectivity index (χ0n) is 16.0. The topological polar surface area (TPSA) is 109 Å². The second-order valence-electron chi connectivity index (χ2n) is 6.27. The van der Waals surface area contributed by atoms with Crippen molar-refractivity contribution in [2.45, 2.75) is 25.7 Å². The highest BCUT2D eigenvalue weighted by molar-refractivity contribution is 6.04. The fourth-order valence-corrected chi connectivity index (χ4v) is 2.46. The minimum atomic E-state index is -0.830. The number of carbonyl (C=O) groups is 3. The second-order valence-corrected chi connectivity index (χ2v) is 6.27. The number of amides is 2. The van der Waals surface area contributed by atoms with E-state index in [-0.39, 0.29) is 12.1 Å². The maximum absolute atomic E-state index is 12.5. The standard InChI is InChI=1S/C22H24N2O5/c25-20(13-12-17-8-3-1-4-9-17)24-19(16-18-10-7-15-29-18)22(28)23-14-6-2-5-11-21(26)27/h1,3-4,7-10,12-13,15-16H,2,5-6,11,14H2,(H,23,28)(H,24,25)(H,26,27). The van der Waals surface area contributed by atoms with Gasteiger partial charge in [0.2, 0.25) is 5.91 Å². The van der Waals surface area contributed by atoms with Gasteiger partial charge in [0.1, 0.15) is 11.5 Å². The summed E-state index contributed by atoms with van der Waals surface area (Å²) in [5.74, 6) is -1.28. The third-order valence-electron chi connectivity index (χ3n) is 3.91. The third kappa shape index (κ3) is 8.75. The summed E-state index contributed by atoms with van der Waals surface area (Å²) >= 11 is 0. The van der Waals surface area contributed by atoms with E-state index in [4.69, 9.17) is 9.52 Å². The SMILES string of the molecule is O=C(O)CCCCCNC(=O)C(=Cc1ccco1)NC(=O)C=Cc1ccccc1. The van der Waals surface area contributed by atoms with Crippen LogP contribution >= 0.6 is 0 Å². The molecule has 152 valence electrons. The average molecular weight is 396 g/mol. The van der Waals surface area contributed by atoms with Crippen LogP contribution in [0.15, 0.2) is 64.9 Å². The number of rotatable bonds is 11. The Labute approximate surface area is 169 Å². The van der Waals surface area contributed by atoms with Gasteiger partial charge in [-0.2, -0.15) is 0 Å². The van der Waals surface area contributed by atoms with Crippen molar-refractivity contribution >= 4 is 29.9 Å². The lowest BCUT2D eigenvalue weighted by Gasteiger charge is -2.09. The van der Waals surface area contributed by atoms with Gasteiger partial charge in [-0.3, -0.25) is 14.4 Å². The monoisotopic (exact) mass is 396 g/mol. The van der Waals surface area contributed by atoms with Crippen molar-refractivity contribution in [2.75, 3.05) is 6.54 Å². The predicted octanol–water partition coefficient (Wildman–Crippen LogP) is 3.21. The number of aliphatic carboxylic acids is 1. The highest BCUT2D eigenvalue weighted by Crippen LogP contribution is 2.07. The normalized spacial score (nSPS) is 11.4. The molecule has 0 aliphatic heterocycles. The molecular formula is C22H24N2O5. The van der Waals surface area contributed by atoms with Crippen molar-refractivity contribution in [3.63, 3.8) is 0 Å². The Bertz CT molecular complexity index is 855. The first kappa shape index (κ1) is 21.7. The lowest BCUT2D eigenvalue weighted by Crippen LogP contribution is -2.34. The van der Waals surface area contributed by atoms with Crippen LogP contribution in [0, 0.1) is 0 Å². The van der Waals surface area contributed by atoms with Crippen LogP contribution in [-0.4, -0.2) is 29.4 Å². The lowest BCUT2D eigenvalue weighted by molar-refractivity contribution is -0.137. The number of hydrogen-bond donors (Lipinski definition) is 3. The van der Waals surface area contributed by atoms with E-state index in [1.54, 1.807) is 18.2 Å². The Kier molecular flexibility index (Phi) is 8.95. The van der Waals surface area contributed by atoms with Crippen LogP contribution in [-0.2, 0) is 14.4 Å². The molecule has 0 fully saturated rings. The smallest absolute Gasteiger partial charge is 0.303 e. The summed E-state index contributed by atoms with van der Waals surface area (Å²) in [4.78, 5) is 35.2. The third-order valence-corrected chi connectivity index (χ3v) is 3.91. The van der Waals surface area contributed by atoms with E-state index >= 15 is 0 Å². The Morgan fingerprint density at radius 2 is 1.79 bits per heavy atom. The van der Waals surface area contributed by atoms with Crippen LogP contribution in [0.5, 0.6) is 0 Å². The molecule has 0 spiro atoms. The van der Waals surface area contributed by atoms with Crippen molar-refractivity contribution in [3.05, 3.63) is 71.8 Å². The van der Waals surface area contributed by atoms with E-state index in [0.29, 0.717) is 31.6 Å². The number of hydrogen-bond acceptors (Lipinski definition) is 4. The molecule has 0 aliphatic rings. The van der Waals surface area contributed by atoms with Gasteiger partial charge in [0.05, 0.1) is 6.26 Å². The van der Waals surface area contributed by atoms with Gasteiger partial charge >= 0.3 is 5.97 Å². The minimum absolute atomic E-state index is 0.0631. The van der Waals surface area contributed by atoms with Crippen molar-refractivity contribution in [2.24, 2.45) is 0 Å². The van der Waals surface area contributed by atoms with Gasteiger partial charge < -0.3 is 20.2 Å². The number of unbranched alkanes of at least 4 members (excludes halogenated alkanes) is 2. The molecule has 2 aromatic rings. The molecule has 29 heavy (non-hydrogen) atoms. The van der Waals surface area contributed by atoms with E-state index in [2.05, 4.69) is 10.6 Å². The molecule has 0 radical (unpaired) electrons. The fourth-order valence-electron chi connectivity index (χ4n) is 2.46. The van der Waals surface area contributed by atoms with E-state index in [1.165, 1.54) is 18.4 Å². The zero-order valence-corrected chi connectivity index (χ0v) is 16.0. The van der Waals surface area contributed by atoms with E-state index in [9.17, 15) is 14.4 Å². The van der Waals surface area contributed by atoms with Crippen LogP contribution in [0.25, 0.3) is 12.2 Å². The first-order chi connectivity index (χ1) is 14.0. The quantitative estimate of drug-likeness (QED) is 0.399. The van der Waals surface area contributed by atoms with Gasteiger partial charge in [-0.15, -0.1) is 0 Å². The molecule has 0 saturated heterocycles. The molecule has 1 aromatic carbocycles. The lowest BCUT2D eigenvalue weighted by atomic mass is 10.2. The number of benzene rings is 1. The molecule has 1 aromatic heterocycles. The maximum atomic E-state index is 12.5. The molecule has 2 rings (SSSR count). The van der Waals surface area contributed by atoms with E-state index in [1.807, 2.05) is 30.3 Å². The van der Waals surface area contributed by atoms with Crippen LogP contribution in [0.2, 0.25) is 0 Å². The zero-order chi connectivity index (χ0) is 20.9. The Morgan fingerprint density at radius 1 is 1.00 bits per heavy atom. The summed E-state index contributed by atoms with van der Waals surface area (Å²) in [5, 5.41) is 13.9. The number of nitrogens with one attached hydrogen (secondary N) is 2. The molecule has 0 aliphatic carbocycles. The second kappa shape index (κ2) is 12.0. The van der Waals surface area contributed by atoms with Gasteiger partial charge in [-0.25, -0.2) is 0 Å². The average Bonchev–Trinajstić information content (AvgIpc) is 3.22. The van der Waals surface area contributed by atoms with Crippen molar-refractivity contribution in [1.29, 1.82) is 0 Å². The Balaban J connectivity index is 1.92. The van der Waals surface area contributed by atoms with E-state index < -0.39 is 17.8 Å². The molecule has 0 unspecified atom stereocenters. The number of furan rings is 1. The fraction of sp³-hybridized carbons (Fsp3) is 0.227. The summed E-state index contributed by atoms with van der Waals surface area (Å²) in [6, 6.07) is 12.7. The van der Waals surface area contributed by atoms with Gasteiger partial charge in [0.25, 0.3) is 5.91 Å². The maximum Gasteiger partial charge on any atom is 0.303 e. The largest absolute Gasteiger partial charge is 0.481 e. The van der Waals surface area contributed by atoms with E-state index in [0.717, 1.165) is 5.56 Å². The molecular weight excluding hydrogens is 372 g/mol. The van der Waals surface area contributed by atoms with Gasteiger partial charge in [-0.05, 0) is 36.6 Å². The van der Waals surface area contributed by atoms with Gasteiger partial charge in [-0.1, -0.05) is 36.8 Å². The minimum Gasteiger partial charge on any atom is -0.481 e. The Morgan fingerprint density at radius 3 is 2.48 bits per heavy atom. The van der Waals surface area contributed by atoms with Crippen LogP contribution in [0.4, 0.5) is 0 Å². The molecule has 0 saturated carbocycles. The highest BCUT2D eigenvalue weighted by atomic mass is 16.4. The molecule has 2 amide bonds. The molecule has 0 atom stereocenters. The first-order valence-corrected chi connectivity index (χ1v) is 9.34. The summed E-state index contributed by atoms with van der Waals surface area (Å²) in [7, 11) is 0. The molecule has 7 heteroatoms. The highest BCUT2D eigenvalue weighted by Gasteiger charge is 2.12. The predicted molar refractivity (Wildman–Crippen MR) is 109 cm³/mol. The summed E-state index contributed by atoms with van der Waals surface area (Å²) in [6.45, 7) is 0.379. The molecule has 3 N–H and O–H groups in total. The molecule has 0 bridgehead atoms.